The highest BCUT2D eigenvalue weighted by molar-refractivity contribution is 7.14. The molecule has 1 saturated heterocycles. The molecule has 1 aliphatic rings. The SMILES string of the molecule is CN(c1ccccc1)c1nc(C(=O)N2CC(C#N)C2)cs1. The maximum Gasteiger partial charge on any atom is 0.273 e. The third-order valence-electron chi connectivity index (χ3n) is 3.49. The van der Waals surface area contributed by atoms with E-state index < -0.39 is 0 Å². The summed E-state index contributed by atoms with van der Waals surface area (Å²) in [6.07, 6.45) is 0. The zero-order valence-corrected chi connectivity index (χ0v) is 12.4. The summed E-state index contributed by atoms with van der Waals surface area (Å²) in [6.45, 7) is 1.02. The monoisotopic (exact) mass is 298 g/mol. The van der Waals surface area contributed by atoms with Crippen LogP contribution in [0.4, 0.5) is 10.8 Å². The average molecular weight is 298 g/mol. The number of para-hydroxylation sites is 1. The molecule has 0 unspecified atom stereocenters. The Hall–Kier alpha value is -2.39. The summed E-state index contributed by atoms with van der Waals surface area (Å²) in [5.41, 5.74) is 1.48. The number of nitrogens with zero attached hydrogens (tertiary/aromatic N) is 4. The van der Waals surface area contributed by atoms with E-state index in [9.17, 15) is 4.79 Å². The average Bonchev–Trinajstić information content (AvgIpc) is 2.96. The van der Waals surface area contributed by atoms with E-state index in [2.05, 4.69) is 11.1 Å². The molecule has 106 valence electrons. The number of hydrogen-bond acceptors (Lipinski definition) is 5. The predicted octanol–water partition coefficient (Wildman–Crippen LogP) is 2.51. The molecular formula is C15H14N4OS. The van der Waals surface area contributed by atoms with Gasteiger partial charge in [-0.15, -0.1) is 11.3 Å². The molecule has 0 radical (unpaired) electrons. The van der Waals surface area contributed by atoms with Crippen molar-refractivity contribution in [3.05, 3.63) is 41.4 Å². The normalized spacial score (nSPS) is 14.4. The number of aromatic nitrogens is 1. The van der Waals surface area contributed by atoms with E-state index in [1.165, 1.54) is 11.3 Å². The number of rotatable bonds is 3. The lowest BCUT2D eigenvalue weighted by molar-refractivity contribution is 0.0572. The van der Waals surface area contributed by atoms with Gasteiger partial charge in [0, 0.05) is 31.2 Å². The maximum atomic E-state index is 12.2. The topological polar surface area (TPSA) is 60.2 Å². The summed E-state index contributed by atoms with van der Waals surface area (Å²) in [4.78, 5) is 20.2. The third kappa shape index (κ3) is 2.60. The smallest absolute Gasteiger partial charge is 0.273 e. The summed E-state index contributed by atoms with van der Waals surface area (Å²) in [6, 6.07) is 12.0. The van der Waals surface area contributed by atoms with E-state index >= 15 is 0 Å². The van der Waals surface area contributed by atoms with Crippen LogP contribution in [0.25, 0.3) is 0 Å². The second kappa shape index (κ2) is 5.54. The minimum absolute atomic E-state index is 0.0287. The fraction of sp³-hybridized carbons (Fsp3) is 0.267. The number of amides is 1. The number of carbonyl (C=O) groups excluding carboxylic acids is 1. The van der Waals surface area contributed by atoms with Crippen molar-refractivity contribution in [2.24, 2.45) is 5.92 Å². The summed E-state index contributed by atoms with van der Waals surface area (Å²) >= 11 is 1.44. The van der Waals surface area contributed by atoms with Gasteiger partial charge in [-0.2, -0.15) is 5.26 Å². The zero-order valence-electron chi connectivity index (χ0n) is 11.6. The molecule has 1 aromatic heterocycles. The summed E-state index contributed by atoms with van der Waals surface area (Å²) in [5.74, 6) is -0.121. The van der Waals surface area contributed by atoms with Crippen molar-refractivity contribution >= 4 is 28.1 Å². The van der Waals surface area contributed by atoms with E-state index in [0.29, 0.717) is 18.8 Å². The van der Waals surface area contributed by atoms with Crippen LogP contribution in [-0.2, 0) is 0 Å². The molecule has 3 rings (SSSR count). The van der Waals surface area contributed by atoms with Gasteiger partial charge in [0.25, 0.3) is 5.91 Å². The molecule has 1 fully saturated rings. The van der Waals surface area contributed by atoms with Crippen LogP contribution in [0.3, 0.4) is 0 Å². The van der Waals surface area contributed by atoms with Crippen molar-refractivity contribution in [2.45, 2.75) is 0 Å². The lowest BCUT2D eigenvalue weighted by Gasteiger charge is -2.34. The van der Waals surface area contributed by atoms with E-state index in [-0.39, 0.29) is 11.8 Å². The molecule has 1 aliphatic heterocycles. The largest absolute Gasteiger partial charge is 0.335 e. The van der Waals surface area contributed by atoms with E-state index in [4.69, 9.17) is 5.26 Å². The first-order chi connectivity index (χ1) is 10.2. The zero-order chi connectivity index (χ0) is 14.8. The highest BCUT2D eigenvalue weighted by atomic mass is 32.1. The lowest BCUT2D eigenvalue weighted by Crippen LogP contribution is -2.49. The van der Waals surface area contributed by atoms with Crippen LogP contribution in [0.2, 0.25) is 0 Å². The Morgan fingerprint density at radius 1 is 1.43 bits per heavy atom. The fourth-order valence-corrected chi connectivity index (χ4v) is 2.95. The number of nitriles is 1. The van der Waals surface area contributed by atoms with Crippen molar-refractivity contribution in [2.75, 3.05) is 25.0 Å². The molecule has 1 aromatic carbocycles. The molecule has 6 heteroatoms. The molecule has 0 atom stereocenters. The Balaban J connectivity index is 1.72. The van der Waals surface area contributed by atoms with Gasteiger partial charge in [-0.1, -0.05) is 18.2 Å². The van der Waals surface area contributed by atoms with E-state index in [1.54, 1.807) is 10.3 Å². The van der Waals surface area contributed by atoms with Gasteiger partial charge in [0.1, 0.15) is 5.69 Å². The minimum Gasteiger partial charge on any atom is -0.335 e. The predicted molar refractivity (Wildman–Crippen MR) is 81.6 cm³/mol. The quantitative estimate of drug-likeness (QED) is 0.873. The molecule has 2 heterocycles. The van der Waals surface area contributed by atoms with Crippen LogP contribution in [-0.4, -0.2) is 35.9 Å². The van der Waals surface area contributed by atoms with Crippen LogP contribution < -0.4 is 4.90 Å². The van der Waals surface area contributed by atoms with Crippen LogP contribution >= 0.6 is 11.3 Å². The highest BCUT2D eigenvalue weighted by Gasteiger charge is 2.32. The number of benzene rings is 1. The second-order valence-corrected chi connectivity index (χ2v) is 5.78. The van der Waals surface area contributed by atoms with Crippen molar-refractivity contribution in [3.8, 4) is 6.07 Å². The van der Waals surface area contributed by atoms with Gasteiger partial charge in [-0.3, -0.25) is 4.79 Å². The van der Waals surface area contributed by atoms with Gasteiger partial charge in [-0.25, -0.2) is 4.98 Å². The van der Waals surface area contributed by atoms with Crippen molar-refractivity contribution < 1.29 is 4.79 Å². The second-order valence-electron chi connectivity index (χ2n) is 4.95. The molecule has 2 aromatic rings. The standard InChI is InChI=1S/C15H14N4OS/c1-18(12-5-3-2-4-6-12)15-17-13(10-21-15)14(20)19-8-11(7-16)9-19/h2-6,10-11H,8-9H2,1H3. The van der Waals surface area contributed by atoms with E-state index in [1.807, 2.05) is 42.3 Å². The van der Waals surface area contributed by atoms with Crippen molar-refractivity contribution in [3.63, 3.8) is 0 Å². The van der Waals surface area contributed by atoms with Gasteiger partial charge in [0.15, 0.2) is 5.13 Å². The summed E-state index contributed by atoms with van der Waals surface area (Å²) in [7, 11) is 1.93. The first kappa shape index (κ1) is 13.6. The molecular weight excluding hydrogens is 284 g/mol. The molecule has 1 amide bonds. The third-order valence-corrected chi connectivity index (χ3v) is 4.41. The van der Waals surface area contributed by atoms with Crippen LogP contribution in [0.1, 0.15) is 10.5 Å². The first-order valence-corrected chi connectivity index (χ1v) is 7.50. The van der Waals surface area contributed by atoms with Crippen molar-refractivity contribution in [1.82, 2.24) is 9.88 Å². The maximum absolute atomic E-state index is 12.2. The summed E-state index contributed by atoms with van der Waals surface area (Å²) < 4.78 is 0. The minimum atomic E-state index is -0.0922. The first-order valence-electron chi connectivity index (χ1n) is 6.62. The van der Waals surface area contributed by atoms with E-state index in [0.717, 1.165) is 10.8 Å². The Labute approximate surface area is 127 Å². The van der Waals surface area contributed by atoms with Gasteiger partial charge < -0.3 is 9.80 Å². The molecule has 21 heavy (non-hydrogen) atoms. The van der Waals surface area contributed by atoms with Gasteiger partial charge >= 0.3 is 0 Å². The Morgan fingerprint density at radius 3 is 2.81 bits per heavy atom. The Morgan fingerprint density at radius 2 is 2.14 bits per heavy atom. The lowest BCUT2D eigenvalue weighted by atomic mass is 10.0. The number of thiazole rings is 1. The Kier molecular flexibility index (Phi) is 3.59. The number of anilines is 2. The highest BCUT2D eigenvalue weighted by Crippen LogP contribution is 2.28. The van der Waals surface area contributed by atoms with Crippen LogP contribution in [0.5, 0.6) is 0 Å². The van der Waals surface area contributed by atoms with Crippen molar-refractivity contribution in [1.29, 1.82) is 5.26 Å². The molecule has 0 bridgehead atoms. The summed E-state index contributed by atoms with van der Waals surface area (Å²) in [5, 5.41) is 11.3. The van der Waals surface area contributed by atoms with Crippen LogP contribution in [0.15, 0.2) is 35.7 Å². The fourth-order valence-electron chi connectivity index (χ4n) is 2.17. The number of hydrogen-bond donors (Lipinski definition) is 0. The molecule has 0 N–H and O–H groups in total. The van der Waals surface area contributed by atoms with Gasteiger partial charge in [-0.05, 0) is 12.1 Å². The van der Waals surface area contributed by atoms with Gasteiger partial charge in [0.05, 0.1) is 12.0 Å². The van der Waals surface area contributed by atoms with Gasteiger partial charge in [0.2, 0.25) is 0 Å². The molecule has 0 spiro atoms. The number of carbonyl (C=O) groups is 1. The molecule has 0 saturated carbocycles. The van der Waals surface area contributed by atoms with Crippen LogP contribution in [0, 0.1) is 17.2 Å². The molecule has 5 nitrogen and oxygen atoms in total. The molecule has 0 aliphatic carbocycles. The number of likely N-dealkylation sites (tertiary alicyclic amines) is 1. The Bertz CT molecular complexity index is 685.